The average Bonchev–Trinajstić information content (AvgIpc) is 3.27. The minimum Gasteiger partial charge on any atom is -0.463 e. The Morgan fingerprint density at radius 2 is 1.96 bits per heavy atom. The van der Waals surface area contributed by atoms with Gasteiger partial charge < -0.3 is 18.8 Å². The molecule has 2 aromatic heterocycles. The molecule has 27 heavy (non-hydrogen) atoms. The van der Waals surface area contributed by atoms with E-state index in [2.05, 4.69) is 22.5 Å². The van der Waals surface area contributed by atoms with Crippen molar-refractivity contribution in [3.05, 3.63) is 53.4 Å². The Hall–Kier alpha value is -2.40. The number of anilines is 1. The summed E-state index contributed by atoms with van der Waals surface area (Å²) < 4.78 is 7.64. The molecule has 0 bridgehead atoms. The zero-order valence-corrected chi connectivity index (χ0v) is 16.3. The predicted octanol–water partition coefficient (Wildman–Crippen LogP) is 4.65. The molecule has 1 saturated heterocycles. The van der Waals surface area contributed by atoms with Crippen LogP contribution in [-0.2, 0) is 6.54 Å². The predicted molar refractivity (Wildman–Crippen MR) is 109 cm³/mol. The fraction of sp³-hybridized carbons (Fsp3) is 0.381. The van der Waals surface area contributed by atoms with Crippen molar-refractivity contribution < 1.29 is 9.21 Å². The number of amides is 1. The van der Waals surface area contributed by atoms with Crippen molar-refractivity contribution in [1.82, 2.24) is 9.47 Å². The van der Waals surface area contributed by atoms with Crippen LogP contribution in [0, 0.1) is 0 Å². The summed E-state index contributed by atoms with van der Waals surface area (Å²) in [5, 5.41) is 0.738. The maximum atomic E-state index is 13.2. The van der Waals surface area contributed by atoms with Crippen molar-refractivity contribution in [1.29, 1.82) is 0 Å². The van der Waals surface area contributed by atoms with Crippen LogP contribution in [0.15, 0.2) is 47.1 Å². The number of unbranched alkanes of at least 4 members (excludes halogenated alkanes) is 1. The van der Waals surface area contributed by atoms with Gasteiger partial charge in [0.2, 0.25) is 0 Å². The van der Waals surface area contributed by atoms with Crippen LogP contribution in [0.3, 0.4) is 0 Å². The first kappa shape index (κ1) is 18.0. The molecule has 3 heterocycles. The Bertz CT molecular complexity index is 938. The molecule has 3 aromatic rings. The lowest BCUT2D eigenvalue weighted by atomic mass is 10.2. The van der Waals surface area contributed by atoms with E-state index in [1.807, 2.05) is 35.2 Å². The summed E-state index contributed by atoms with van der Waals surface area (Å²) in [6.07, 6.45) is 3.81. The number of aryl methyl sites for hydroxylation is 1. The van der Waals surface area contributed by atoms with E-state index in [0.717, 1.165) is 60.0 Å². The Kier molecular flexibility index (Phi) is 5.12. The van der Waals surface area contributed by atoms with E-state index in [-0.39, 0.29) is 5.91 Å². The van der Waals surface area contributed by atoms with Crippen LogP contribution in [0.5, 0.6) is 0 Å². The first-order valence-corrected chi connectivity index (χ1v) is 9.91. The first-order valence-electron chi connectivity index (χ1n) is 9.54. The molecular formula is C21H24ClN3O2. The molecule has 1 amide bonds. The van der Waals surface area contributed by atoms with Gasteiger partial charge in [-0.1, -0.05) is 31.0 Å². The molecule has 5 nitrogen and oxygen atoms in total. The number of fused-ring (bicyclic) bond motifs is 1. The molecule has 4 rings (SSSR count). The molecule has 1 aliphatic heterocycles. The standard InChI is InChI=1S/C21H24ClN3O2/c1-2-3-8-25-18-7-13-27-20(18)15-19(25)21(26)24-11-9-23(10-12-24)17-6-4-5-16(22)14-17/h4-7,13-15H,2-3,8-12H2,1H3. The second-order valence-corrected chi connectivity index (χ2v) is 7.40. The van der Waals surface area contributed by atoms with Gasteiger partial charge in [-0.2, -0.15) is 0 Å². The number of carbonyl (C=O) groups excluding carboxylic acids is 1. The van der Waals surface area contributed by atoms with E-state index in [9.17, 15) is 4.79 Å². The lowest BCUT2D eigenvalue weighted by Crippen LogP contribution is -2.49. The van der Waals surface area contributed by atoms with E-state index in [1.165, 1.54) is 0 Å². The van der Waals surface area contributed by atoms with Crippen molar-refractivity contribution in [2.24, 2.45) is 0 Å². The molecule has 6 heteroatoms. The Morgan fingerprint density at radius 3 is 2.70 bits per heavy atom. The number of rotatable bonds is 5. The highest BCUT2D eigenvalue weighted by Gasteiger charge is 2.26. The molecule has 1 fully saturated rings. The number of halogens is 1. The number of hydrogen-bond acceptors (Lipinski definition) is 3. The molecule has 0 radical (unpaired) electrons. The van der Waals surface area contributed by atoms with E-state index in [4.69, 9.17) is 16.0 Å². The van der Waals surface area contributed by atoms with Crippen LogP contribution in [0.2, 0.25) is 5.02 Å². The van der Waals surface area contributed by atoms with E-state index in [1.54, 1.807) is 6.26 Å². The van der Waals surface area contributed by atoms with Gasteiger partial charge in [0.1, 0.15) is 5.69 Å². The SMILES string of the molecule is CCCCn1c(C(=O)N2CCN(c3cccc(Cl)c3)CC2)cc2occc21. The Morgan fingerprint density at radius 1 is 1.15 bits per heavy atom. The van der Waals surface area contributed by atoms with Gasteiger partial charge in [-0.3, -0.25) is 4.79 Å². The quantitative estimate of drug-likeness (QED) is 0.642. The smallest absolute Gasteiger partial charge is 0.270 e. The number of benzene rings is 1. The summed E-state index contributed by atoms with van der Waals surface area (Å²) in [5.41, 5.74) is 3.63. The van der Waals surface area contributed by atoms with Gasteiger partial charge in [-0.15, -0.1) is 0 Å². The van der Waals surface area contributed by atoms with Crippen LogP contribution >= 0.6 is 11.6 Å². The third-order valence-electron chi connectivity index (χ3n) is 5.22. The van der Waals surface area contributed by atoms with Crippen molar-refractivity contribution >= 4 is 34.3 Å². The number of carbonyl (C=O) groups is 1. The maximum absolute atomic E-state index is 13.2. The summed E-state index contributed by atoms with van der Waals surface area (Å²) in [7, 11) is 0. The Labute approximate surface area is 164 Å². The summed E-state index contributed by atoms with van der Waals surface area (Å²) >= 11 is 6.11. The largest absolute Gasteiger partial charge is 0.463 e. The molecule has 0 N–H and O–H groups in total. The molecule has 1 aromatic carbocycles. The molecule has 142 valence electrons. The summed E-state index contributed by atoms with van der Waals surface area (Å²) in [6.45, 7) is 6.00. The normalized spacial score (nSPS) is 14.9. The topological polar surface area (TPSA) is 41.6 Å². The van der Waals surface area contributed by atoms with Crippen molar-refractivity contribution in [2.45, 2.75) is 26.3 Å². The van der Waals surface area contributed by atoms with Crippen LogP contribution < -0.4 is 4.90 Å². The zero-order valence-electron chi connectivity index (χ0n) is 15.5. The van der Waals surface area contributed by atoms with E-state index < -0.39 is 0 Å². The molecule has 0 saturated carbocycles. The number of furan rings is 1. The highest BCUT2D eigenvalue weighted by atomic mass is 35.5. The fourth-order valence-electron chi connectivity index (χ4n) is 3.71. The van der Waals surface area contributed by atoms with E-state index >= 15 is 0 Å². The van der Waals surface area contributed by atoms with Gasteiger partial charge in [0.25, 0.3) is 5.91 Å². The maximum Gasteiger partial charge on any atom is 0.270 e. The third kappa shape index (κ3) is 3.56. The second-order valence-electron chi connectivity index (χ2n) is 6.96. The van der Waals surface area contributed by atoms with Gasteiger partial charge >= 0.3 is 0 Å². The number of aromatic nitrogens is 1. The van der Waals surface area contributed by atoms with E-state index in [0.29, 0.717) is 13.1 Å². The van der Waals surface area contributed by atoms with Crippen LogP contribution in [0.4, 0.5) is 5.69 Å². The van der Waals surface area contributed by atoms with Crippen molar-refractivity contribution in [3.8, 4) is 0 Å². The first-order chi connectivity index (χ1) is 13.2. The number of piperazine rings is 1. The minimum atomic E-state index is 0.0863. The van der Waals surface area contributed by atoms with Crippen molar-refractivity contribution in [3.63, 3.8) is 0 Å². The summed E-state index contributed by atoms with van der Waals surface area (Å²) in [4.78, 5) is 17.4. The summed E-state index contributed by atoms with van der Waals surface area (Å²) in [5.74, 6) is 0.0863. The number of hydrogen-bond donors (Lipinski definition) is 0. The highest BCUT2D eigenvalue weighted by molar-refractivity contribution is 6.30. The zero-order chi connectivity index (χ0) is 18.8. The van der Waals surface area contributed by atoms with Crippen molar-refractivity contribution in [2.75, 3.05) is 31.1 Å². The second kappa shape index (κ2) is 7.69. The molecular weight excluding hydrogens is 362 g/mol. The molecule has 0 unspecified atom stereocenters. The van der Waals surface area contributed by atoms with Gasteiger partial charge in [-0.25, -0.2) is 0 Å². The molecule has 0 spiro atoms. The highest BCUT2D eigenvalue weighted by Crippen LogP contribution is 2.25. The number of nitrogens with zero attached hydrogens (tertiary/aromatic N) is 3. The molecule has 0 aliphatic carbocycles. The van der Waals surface area contributed by atoms with Gasteiger partial charge in [0, 0.05) is 55.6 Å². The van der Waals surface area contributed by atoms with Crippen LogP contribution in [-0.4, -0.2) is 41.6 Å². The van der Waals surface area contributed by atoms with Gasteiger partial charge in [0.05, 0.1) is 11.8 Å². The third-order valence-corrected chi connectivity index (χ3v) is 5.45. The minimum absolute atomic E-state index is 0.0863. The Balaban J connectivity index is 1.49. The fourth-order valence-corrected chi connectivity index (χ4v) is 3.90. The summed E-state index contributed by atoms with van der Waals surface area (Å²) in [6, 6.07) is 11.7. The van der Waals surface area contributed by atoms with Gasteiger partial charge in [0.15, 0.2) is 5.58 Å². The average molecular weight is 386 g/mol. The lowest BCUT2D eigenvalue weighted by molar-refractivity contribution is 0.0736. The van der Waals surface area contributed by atoms with Gasteiger partial charge in [-0.05, 0) is 24.6 Å². The molecule has 0 atom stereocenters. The monoisotopic (exact) mass is 385 g/mol. The lowest BCUT2D eigenvalue weighted by Gasteiger charge is -2.36. The molecule has 1 aliphatic rings. The van der Waals surface area contributed by atoms with Crippen LogP contribution in [0.25, 0.3) is 11.1 Å². The van der Waals surface area contributed by atoms with Crippen LogP contribution in [0.1, 0.15) is 30.3 Å².